The van der Waals surface area contributed by atoms with Gasteiger partial charge in [0.05, 0.1) is 11.7 Å². The minimum atomic E-state index is 0. The second kappa shape index (κ2) is 11.1. The second-order valence-corrected chi connectivity index (χ2v) is 5.92. The zero-order valence-electron chi connectivity index (χ0n) is 15.0. The Morgan fingerprint density at radius 2 is 2.12 bits per heavy atom. The lowest BCUT2D eigenvalue weighted by molar-refractivity contribution is 0.241. The molecule has 138 valence electrons. The summed E-state index contributed by atoms with van der Waals surface area (Å²) in [7, 11) is 0. The highest BCUT2D eigenvalue weighted by atomic mass is 127. The predicted molar refractivity (Wildman–Crippen MR) is 113 cm³/mol. The molecule has 3 N–H and O–H groups in total. The van der Waals surface area contributed by atoms with Gasteiger partial charge in [-0.05, 0) is 43.5 Å². The van der Waals surface area contributed by atoms with Gasteiger partial charge in [0.15, 0.2) is 5.96 Å². The van der Waals surface area contributed by atoms with Gasteiger partial charge < -0.3 is 15.7 Å². The summed E-state index contributed by atoms with van der Waals surface area (Å²) in [6.45, 7) is 7.64. The maximum absolute atomic E-state index is 9.14. The van der Waals surface area contributed by atoms with Gasteiger partial charge in [0, 0.05) is 32.1 Å². The molecule has 0 fully saturated rings. The number of aliphatic hydroxyl groups excluding tert-OH is 1. The van der Waals surface area contributed by atoms with Crippen LogP contribution in [0.1, 0.15) is 32.4 Å². The van der Waals surface area contributed by atoms with Gasteiger partial charge in [0.2, 0.25) is 0 Å². The second-order valence-electron chi connectivity index (χ2n) is 5.92. The highest BCUT2D eigenvalue weighted by Crippen LogP contribution is 2.16. The molecule has 0 saturated heterocycles. The fourth-order valence-electron chi connectivity index (χ4n) is 2.27. The summed E-state index contributed by atoms with van der Waals surface area (Å²) in [6.07, 6.45) is 3.70. The minimum absolute atomic E-state index is 0. The number of guanidine groups is 1. The average molecular weight is 457 g/mol. The molecule has 2 unspecified atom stereocenters. The van der Waals surface area contributed by atoms with Crippen molar-refractivity contribution in [3.63, 3.8) is 0 Å². The van der Waals surface area contributed by atoms with Crippen molar-refractivity contribution in [3.05, 3.63) is 48.3 Å². The van der Waals surface area contributed by atoms with Crippen LogP contribution in [0.3, 0.4) is 0 Å². The molecule has 0 aliphatic heterocycles. The van der Waals surface area contributed by atoms with Crippen LogP contribution in [0.4, 0.5) is 0 Å². The molecule has 0 bridgehead atoms. The summed E-state index contributed by atoms with van der Waals surface area (Å²) in [6, 6.07) is 10.3. The predicted octanol–water partition coefficient (Wildman–Crippen LogP) is 2.73. The number of rotatable bonds is 7. The quantitative estimate of drug-likeness (QED) is 0.340. The number of hydrogen-bond acceptors (Lipinski definition) is 3. The van der Waals surface area contributed by atoms with Gasteiger partial charge in [0.25, 0.3) is 0 Å². The van der Waals surface area contributed by atoms with E-state index in [-0.39, 0.29) is 42.5 Å². The minimum Gasteiger partial charge on any atom is -0.396 e. The number of nitrogens with one attached hydrogen (secondary N) is 2. The fourth-order valence-corrected chi connectivity index (χ4v) is 2.27. The highest BCUT2D eigenvalue weighted by Gasteiger charge is 2.09. The van der Waals surface area contributed by atoms with Gasteiger partial charge in [-0.2, -0.15) is 5.10 Å². The lowest BCUT2D eigenvalue weighted by Crippen LogP contribution is -2.39. The Morgan fingerprint density at radius 3 is 2.76 bits per heavy atom. The monoisotopic (exact) mass is 457 g/mol. The molecule has 2 aromatic rings. The van der Waals surface area contributed by atoms with Crippen molar-refractivity contribution in [2.45, 2.75) is 26.8 Å². The Morgan fingerprint density at radius 1 is 1.32 bits per heavy atom. The first kappa shape index (κ1) is 21.4. The van der Waals surface area contributed by atoms with E-state index in [0.717, 1.165) is 23.8 Å². The van der Waals surface area contributed by atoms with Crippen LogP contribution in [0.25, 0.3) is 5.69 Å². The number of aliphatic imine (C=N–C) groups is 1. The van der Waals surface area contributed by atoms with Crippen LogP contribution >= 0.6 is 24.0 Å². The van der Waals surface area contributed by atoms with E-state index >= 15 is 0 Å². The topological polar surface area (TPSA) is 74.5 Å². The van der Waals surface area contributed by atoms with Crippen LogP contribution in [-0.4, -0.2) is 40.5 Å². The number of aromatic nitrogens is 2. The van der Waals surface area contributed by atoms with Crippen molar-refractivity contribution in [2.24, 2.45) is 10.9 Å². The maximum atomic E-state index is 9.14. The summed E-state index contributed by atoms with van der Waals surface area (Å²) in [5.41, 5.74) is 2.19. The Labute approximate surface area is 166 Å². The molecule has 0 aliphatic carbocycles. The van der Waals surface area contributed by atoms with Crippen molar-refractivity contribution >= 4 is 29.9 Å². The maximum Gasteiger partial charge on any atom is 0.191 e. The largest absolute Gasteiger partial charge is 0.396 e. The number of halogens is 1. The molecule has 0 amide bonds. The van der Waals surface area contributed by atoms with Crippen molar-refractivity contribution in [1.29, 1.82) is 0 Å². The third kappa shape index (κ3) is 6.66. The van der Waals surface area contributed by atoms with Gasteiger partial charge in [0.1, 0.15) is 0 Å². The SMILES string of the molecule is CCNC(=NCC(C)CO)NC(C)c1cccc(-n2cccn2)c1.I. The standard InChI is InChI=1S/C18H27N5O.HI/c1-4-19-18(20-12-14(2)13-24)22-15(3)16-7-5-8-17(11-16)23-10-6-9-21-23;/h5-11,14-15,24H,4,12-13H2,1-3H3,(H2,19,20,22);1H. The van der Waals surface area contributed by atoms with E-state index < -0.39 is 0 Å². The zero-order chi connectivity index (χ0) is 17.4. The lowest BCUT2D eigenvalue weighted by Gasteiger charge is -2.19. The van der Waals surface area contributed by atoms with Crippen LogP contribution in [-0.2, 0) is 0 Å². The molecule has 0 aliphatic rings. The number of aliphatic hydroxyl groups is 1. The molecule has 7 heteroatoms. The van der Waals surface area contributed by atoms with Gasteiger partial charge >= 0.3 is 0 Å². The van der Waals surface area contributed by atoms with Gasteiger partial charge in [-0.15, -0.1) is 24.0 Å². The third-order valence-corrected chi connectivity index (χ3v) is 3.71. The van der Waals surface area contributed by atoms with Crippen LogP contribution in [0.5, 0.6) is 0 Å². The first-order valence-electron chi connectivity index (χ1n) is 8.39. The highest BCUT2D eigenvalue weighted by molar-refractivity contribution is 14.0. The summed E-state index contributed by atoms with van der Waals surface area (Å²) in [4.78, 5) is 4.54. The summed E-state index contributed by atoms with van der Waals surface area (Å²) in [5, 5.41) is 20.1. The van der Waals surface area contributed by atoms with Crippen LogP contribution in [0, 0.1) is 5.92 Å². The molecule has 25 heavy (non-hydrogen) atoms. The first-order valence-corrected chi connectivity index (χ1v) is 8.39. The van der Waals surface area contributed by atoms with Crippen LogP contribution in [0.15, 0.2) is 47.7 Å². The normalized spacial score (nSPS) is 13.7. The Bertz CT molecular complexity index is 645. The van der Waals surface area contributed by atoms with Crippen molar-refractivity contribution < 1.29 is 5.11 Å². The van der Waals surface area contributed by atoms with Crippen molar-refractivity contribution in [2.75, 3.05) is 19.7 Å². The van der Waals surface area contributed by atoms with Gasteiger partial charge in [-0.3, -0.25) is 4.99 Å². The number of hydrogen-bond donors (Lipinski definition) is 3. The Kier molecular flexibility index (Phi) is 9.51. The third-order valence-electron chi connectivity index (χ3n) is 3.71. The summed E-state index contributed by atoms with van der Waals surface area (Å²) >= 11 is 0. The molecule has 0 radical (unpaired) electrons. The molecule has 0 saturated carbocycles. The molecule has 0 spiro atoms. The van der Waals surface area contributed by atoms with E-state index in [4.69, 9.17) is 5.11 Å². The molecular formula is C18H28IN5O. The molecular weight excluding hydrogens is 429 g/mol. The van der Waals surface area contributed by atoms with Crippen molar-refractivity contribution in [1.82, 2.24) is 20.4 Å². The molecule has 2 atom stereocenters. The van der Waals surface area contributed by atoms with Gasteiger partial charge in [-0.25, -0.2) is 4.68 Å². The molecule has 6 nitrogen and oxygen atoms in total. The summed E-state index contributed by atoms with van der Waals surface area (Å²) < 4.78 is 1.85. The van der Waals surface area contributed by atoms with Gasteiger partial charge in [-0.1, -0.05) is 19.1 Å². The van der Waals surface area contributed by atoms with Crippen molar-refractivity contribution in [3.8, 4) is 5.69 Å². The fraction of sp³-hybridized carbons (Fsp3) is 0.444. The smallest absolute Gasteiger partial charge is 0.191 e. The average Bonchev–Trinajstić information content (AvgIpc) is 3.14. The Balaban J connectivity index is 0.00000312. The van der Waals surface area contributed by atoms with E-state index in [1.807, 2.05) is 42.9 Å². The first-order chi connectivity index (χ1) is 11.6. The van der Waals surface area contributed by atoms with Crippen LogP contribution in [0.2, 0.25) is 0 Å². The number of nitrogens with zero attached hydrogens (tertiary/aromatic N) is 3. The number of benzene rings is 1. The molecule has 1 heterocycles. The lowest BCUT2D eigenvalue weighted by atomic mass is 10.1. The van der Waals surface area contributed by atoms with E-state index in [1.54, 1.807) is 6.20 Å². The Hall–Kier alpha value is -1.61. The van der Waals surface area contributed by atoms with E-state index in [0.29, 0.717) is 6.54 Å². The zero-order valence-corrected chi connectivity index (χ0v) is 17.3. The molecule has 1 aromatic carbocycles. The van der Waals surface area contributed by atoms with E-state index in [2.05, 4.69) is 39.8 Å². The summed E-state index contributed by atoms with van der Waals surface area (Å²) in [5.74, 6) is 0.911. The molecule has 1 aromatic heterocycles. The van der Waals surface area contributed by atoms with Crippen LogP contribution < -0.4 is 10.6 Å². The van der Waals surface area contributed by atoms with E-state index in [9.17, 15) is 0 Å². The molecule has 2 rings (SSSR count). The van der Waals surface area contributed by atoms with E-state index in [1.165, 1.54) is 0 Å².